The van der Waals surface area contributed by atoms with Crippen LogP contribution in [0.2, 0.25) is 0 Å². The van der Waals surface area contributed by atoms with E-state index >= 15 is 0 Å². The van der Waals surface area contributed by atoms with Gasteiger partial charge in [-0.3, -0.25) is 0 Å². The Morgan fingerprint density at radius 1 is 1.06 bits per heavy atom. The number of hydrogen-bond donors (Lipinski definition) is 1. The second-order valence-corrected chi connectivity index (χ2v) is 4.01. The number of nitrogens with two attached hydrogens (primary N) is 1. The van der Waals surface area contributed by atoms with Gasteiger partial charge in [-0.05, 0) is 0 Å². The van der Waals surface area contributed by atoms with Gasteiger partial charge in [0.15, 0.2) is 0 Å². The Labute approximate surface area is 105 Å². The summed E-state index contributed by atoms with van der Waals surface area (Å²) >= 11 is 0. The van der Waals surface area contributed by atoms with Gasteiger partial charge in [-0.2, -0.15) is 0 Å². The van der Waals surface area contributed by atoms with Gasteiger partial charge in [-0.25, -0.2) is 0 Å². The predicted octanol–water partition coefficient (Wildman–Crippen LogP) is 3.02. The molecule has 0 fully saturated rings. The van der Waals surface area contributed by atoms with Crippen molar-refractivity contribution in [1.29, 1.82) is 0 Å². The monoisotopic (exact) mass is 237 g/mol. The normalized spacial score (nSPS) is 10.5. The van der Waals surface area contributed by atoms with Crippen molar-refractivity contribution in [3.05, 3.63) is 54.1 Å². The van der Waals surface area contributed by atoms with Gasteiger partial charge in [0.05, 0.1) is 0 Å². The van der Waals surface area contributed by atoms with Crippen molar-refractivity contribution in [2.45, 2.75) is 6.54 Å². The number of rotatable bonds is 3. The van der Waals surface area contributed by atoms with E-state index in [-0.39, 0.29) is 0 Å². The summed E-state index contributed by atoms with van der Waals surface area (Å²) in [5.74, 6) is 0.770. The van der Waals surface area contributed by atoms with Crippen LogP contribution in [0.25, 0.3) is 11.0 Å². The van der Waals surface area contributed by atoms with Gasteiger partial charge in [-0.15, -0.1) is 0 Å². The fraction of sp³-hybridized carbons (Fsp3) is 0.0714. The van der Waals surface area contributed by atoms with Crippen molar-refractivity contribution in [2.24, 2.45) is 5.73 Å². The summed E-state index contributed by atoms with van der Waals surface area (Å²) in [6.07, 6.45) is 0. The Kier molecular flexibility index (Phi) is 2.86. The standard InChI is InChI=1S/C14H12BNO2/c16-9-10-5-1-3-7-12(10)17-14-11-6-2-4-8-13(11)18-15-14/h1-8H,9,16H2. The quantitative estimate of drug-likeness (QED) is 0.761. The fourth-order valence-corrected chi connectivity index (χ4v) is 1.92. The van der Waals surface area contributed by atoms with E-state index in [1.165, 1.54) is 0 Å². The summed E-state index contributed by atoms with van der Waals surface area (Å²) in [7, 11) is 1.62. The molecule has 18 heavy (non-hydrogen) atoms. The van der Waals surface area contributed by atoms with Crippen molar-refractivity contribution in [3.63, 3.8) is 0 Å². The first kappa shape index (κ1) is 11.0. The summed E-state index contributed by atoms with van der Waals surface area (Å²) in [5.41, 5.74) is 8.20. The van der Waals surface area contributed by atoms with Gasteiger partial charge in [0.2, 0.25) is 0 Å². The van der Waals surface area contributed by atoms with Crippen molar-refractivity contribution in [1.82, 2.24) is 0 Å². The number of ether oxygens (including phenoxy) is 1. The Hall–Kier alpha value is -2.07. The van der Waals surface area contributed by atoms with Crippen LogP contribution in [0.3, 0.4) is 0 Å². The Morgan fingerprint density at radius 3 is 2.72 bits per heavy atom. The minimum atomic E-state index is 0.450. The van der Waals surface area contributed by atoms with Crippen molar-refractivity contribution < 1.29 is 9.07 Å². The van der Waals surface area contributed by atoms with E-state index in [2.05, 4.69) is 0 Å². The molecule has 0 radical (unpaired) electrons. The van der Waals surface area contributed by atoms with Gasteiger partial charge in [0.1, 0.15) is 0 Å². The van der Waals surface area contributed by atoms with E-state index < -0.39 is 0 Å². The maximum absolute atomic E-state index is 5.88. The van der Waals surface area contributed by atoms with E-state index in [9.17, 15) is 0 Å². The maximum atomic E-state index is 5.88. The summed E-state index contributed by atoms with van der Waals surface area (Å²) < 4.78 is 11.3. The number of para-hydroxylation sites is 2. The molecule has 0 saturated heterocycles. The van der Waals surface area contributed by atoms with Crippen molar-refractivity contribution in [3.8, 4) is 11.4 Å². The van der Waals surface area contributed by atoms with Crippen LogP contribution in [0.15, 0.2) is 52.9 Å². The molecular weight excluding hydrogens is 225 g/mol. The first-order valence-corrected chi connectivity index (χ1v) is 5.80. The van der Waals surface area contributed by atoms with E-state index in [4.69, 9.17) is 14.8 Å². The van der Waals surface area contributed by atoms with Crippen LogP contribution in [0.4, 0.5) is 0 Å². The molecule has 0 aliphatic rings. The summed E-state index contributed by atoms with van der Waals surface area (Å²) in [4.78, 5) is 0. The molecule has 1 aromatic heterocycles. The van der Waals surface area contributed by atoms with Crippen molar-refractivity contribution in [2.75, 3.05) is 0 Å². The molecule has 3 nitrogen and oxygen atoms in total. The van der Waals surface area contributed by atoms with E-state index in [1.807, 2.05) is 48.5 Å². The molecule has 0 aliphatic carbocycles. The zero-order chi connectivity index (χ0) is 12.4. The zero-order valence-corrected chi connectivity index (χ0v) is 9.80. The Balaban J connectivity index is 2.01. The first-order chi connectivity index (χ1) is 8.88. The van der Waals surface area contributed by atoms with Crippen LogP contribution in [-0.2, 0) is 6.54 Å². The van der Waals surface area contributed by atoms with Crippen LogP contribution in [0.1, 0.15) is 5.56 Å². The average molecular weight is 237 g/mol. The third-order valence-corrected chi connectivity index (χ3v) is 2.86. The predicted molar refractivity (Wildman–Crippen MR) is 72.0 cm³/mol. The SMILES string of the molecule is NCc1ccccc1Oc1boc2ccccc12. The van der Waals surface area contributed by atoms with Gasteiger partial charge in [0.25, 0.3) is 0 Å². The van der Waals surface area contributed by atoms with Gasteiger partial charge in [0, 0.05) is 0 Å². The van der Waals surface area contributed by atoms with Crippen LogP contribution in [0, 0.1) is 0 Å². The van der Waals surface area contributed by atoms with Crippen LogP contribution in [0.5, 0.6) is 11.4 Å². The van der Waals surface area contributed by atoms with Crippen LogP contribution >= 0.6 is 0 Å². The molecule has 2 aromatic carbocycles. The molecule has 3 rings (SSSR count). The second-order valence-electron chi connectivity index (χ2n) is 4.01. The molecule has 0 amide bonds. The first-order valence-electron chi connectivity index (χ1n) is 5.80. The van der Waals surface area contributed by atoms with Gasteiger partial charge >= 0.3 is 105 Å². The number of hydrogen-bond acceptors (Lipinski definition) is 3. The molecule has 0 bridgehead atoms. The van der Waals surface area contributed by atoms with E-state index in [1.54, 1.807) is 7.13 Å². The Morgan fingerprint density at radius 2 is 1.83 bits per heavy atom. The molecule has 0 aliphatic heterocycles. The molecule has 0 atom stereocenters. The summed E-state index contributed by atoms with van der Waals surface area (Å²) in [5, 5.41) is 0.962. The molecule has 2 N–H and O–H groups in total. The van der Waals surface area contributed by atoms with Gasteiger partial charge < -0.3 is 0 Å². The van der Waals surface area contributed by atoms with Crippen molar-refractivity contribution >= 4 is 18.1 Å². The average Bonchev–Trinajstić information content (AvgIpc) is 2.83. The van der Waals surface area contributed by atoms with E-state index in [0.717, 1.165) is 22.3 Å². The topological polar surface area (TPSA) is 48.4 Å². The summed E-state index contributed by atoms with van der Waals surface area (Å²) in [6, 6.07) is 15.5. The van der Waals surface area contributed by atoms with Crippen LogP contribution in [-0.4, -0.2) is 7.13 Å². The Bertz CT molecular complexity index is 678. The molecule has 0 spiro atoms. The van der Waals surface area contributed by atoms with Crippen LogP contribution < -0.4 is 10.5 Å². The fourth-order valence-electron chi connectivity index (χ4n) is 1.92. The number of fused-ring (bicyclic) bond motifs is 1. The second kappa shape index (κ2) is 4.66. The number of benzene rings is 2. The minimum absolute atomic E-state index is 0.450. The van der Waals surface area contributed by atoms with E-state index in [0.29, 0.717) is 12.2 Å². The van der Waals surface area contributed by atoms with Gasteiger partial charge in [-0.1, -0.05) is 0 Å². The zero-order valence-electron chi connectivity index (χ0n) is 9.80. The third-order valence-electron chi connectivity index (χ3n) is 2.86. The molecule has 4 heteroatoms. The molecule has 0 saturated carbocycles. The molecule has 88 valence electrons. The molecule has 1 heterocycles. The summed E-state index contributed by atoms with van der Waals surface area (Å²) in [6.45, 7) is 0.450. The third kappa shape index (κ3) is 1.91. The molecule has 3 aromatic rings. The molecular formula is C14H12BNO2. The molecule has 0 unspecified atom stereocenters.